The summed E-state index contributed by atoms with van der Waals surface area (Å²) in [6.45, 7) is 3.96. The van der Waals surface area contributed by atoms with E-state index in [0.717, 1.165) is 16.0 Å². The first-order valence-electron chi connectivity index (χ1n) is 7.82. The smallest absolute Gasteiger partial charge is 0.312 e. The molecule has 0 bridgehead atoms. The minimum absolute atomic E-state index is 0.0345. The van der Waals surface area contributed by atoms with Crippen molar-refractivity contribution in [1.82, 2.24) is 5.32 Å². The summed E-state index contributed by atoms with van der Waals surface area (Å²) in [4.78, 5) is 24.4. The number of carbonyl (C=O) groups excluding carboxylic acids is 1. The molecular formula is C19H20FNO3S. The summed E-state index contributed by atoms with van der Waals surface area (Å²) in [5, 5.41) is 12.0. The van der Waals surface area contributed by atoms with E-state index in [1.54, 1.807) is 0 Å². The number of hydrogen-bond acceptors (Lipinski definition) is 3. The maximum Gasteiger partial charge on any atom is 0.312 e. The fourth-order valence-electron chi connectivity index (χ4n) is 2.41. The molecule has 1 atom stereocenters. The van der Waals surface area contributed by atoms with Gasteiger partial charge in [0.2, 0.25) is 5.91 Å². The number of rotatable bonds is 7. The molecule has 1 amide bonds. The molecule has 0 fully saturated rings. The molecule has 4 nitrogen and oxygen atoms in total. The first-order chi connectivity index (χ1) is 11.9. The van der Waals surface area contributed by atoms with Crippen molar-refractivity contribution in [3.8, 4) is 0 Å². The zero-order chi connectivity index (χ0) is 18.4. The Morgan fingerprint density at radius 3 is 2.44 bits per heavy atom. The third kappa shape index (κ3) is 5.60. The number of nitrogens with one attached hydrogen (secondary N) is 1. The molecule has 6 heteroatoms. The molecule has 1 unspecified atom stereocenters. The number of aryl methyl sites for hydroxylation is 2. The lowest BCUT2D eigenvalue weighted by Gasteiger charge is -2.14. The first-order valence-corrected chi connectivity index (χ1v) is 8.80. The van der Waals surface area contributed by atoms with Crippen molar-refractivity contribution < 1.29 is 19.1 Å². The van der Waals surface area contributed by atoms with E-state index in [2.05, 4.69) is 11.4 Å². The molecule has 0 radical (unpaired) electrons. The summed E-state index contributed by atoms with van der Waals surface area (Å²) in [6, 6.07) is 11.3. The van der Waals surface area contributed by atoms with Gasteiger partial charge in [-0.15, -0.1) is 11.8 Å². The van der Waals surface area contributed by atoms with Crippen molar-refractivity contribution in [2.75, 3.05) is 12.3 Å². The van der Waals surface area contributed by atoms with Crippen molar-refractivity contribution in [2.24, 2.45) is 0 Å². The molecule has 132 valence electrons. The Bertz CT molecular complexity index is 762. The first kappa shape index (κ1) is 19.0. The molecule has 0 saturated heterocycles. The third-order valence-electron chi connectivity index (χ3n) is 3.76. The third-order valence-corrected chi connectivity index (χ3v) is 4.94. The van der Waals surface area contributed by atoms with Gasteiger partial charge in [-0.05, 0) is 43.2 Å². The monoisotopic (exact) mass is 361 g/mol. The fourth-order valence-corrected chi connectivity index (χ4v) is 3.25. The predicted octanol–water partition coefficient (Wildman–Crippen LogP) is 3.52. The summed E-state index contributed by atoms with van der Waals surface area (Å²) in [5.41, 5.74) is 2.72. The van der Waals surface area contributed by atoms with Gasteiger partial charge in [0.05, 0.1) is 11.7 Å². The highest BCUT2D eigenvalue weighted by atomic mass is 32.2. The zero-order valence-electron chi connectivity index (χ0n) is 14.1. The van der Waals surface area contributed by atoms with Gasteiger partial charge in [-0.2, -0.15) is 0 Å². The second-order valence-electron chi connectivity index (χ2n) is 5.80. The molecule has 2 aromatic carbocycles. The zero-order valence-corrected chi connectivity index (χ0v) is 14.9. The highest BCUT2D eigenvalue weighted by Crippen LogP contribution is 2.23. The van der Waals surface area contributed by atoms with E-state index in [9.17, 15) is 19.1 Å². The summed E-state index contributed by atoms with van der Waals surface area (Å²) >= 11 is 1.41. The van der Waals surface area contributed by atoms with Crippen LogP contribution in [0.3, 0.4) is 0 Å². The van der Waals surface area contributed by atoms with Crippen LogP contribution < -0.4 is 5.32 Å². The average molecular weight is 361 g/mol. The van der Waals surface area contributed by atoms with Crippen LogP contribution in [0.25, 0.3) is 0 Å². The van der Waals surface area contributed by atoms with Gasteiger partial charge >= 0.3 is 5.97 Å². The van der Waals surface area contributed by atoms with Crippen molar-refractivity contribution in [3.05, 3.63) is 65.0 Å². The number of benzene rings is 2. The van der Waals surface area contributed by atoms with Crippen LogP contribution in [0.4, 0.5) is 4.39 Å². The Labute approximate surface area is 150 Å². The second-order valence-corrected chi connectivity index (χ2v) is 6.82. The largest absolute Gasteiger partial charge is 0.481 e. The number of aliphatic carboxylic acids is 1. The van der Waals surface area contributed by atoms with E-state index < -0.39 is 17.7 Å². The molecule has 0 saturated carbocycles. The molecule has 0 aliphatic heterocycles. The molecular weight excluding hydrogens is 341 g/mol. The van der Waals surface area contributed by atoms with Gasteiger partial charge in [-0.3, -0.25) is 9.59 Å². The van der Waals surface area contributed by atoms with E-state index in [0.29, 0.717) is 5.56 Å². The molecule has 0 heterocycles. The van der Waals surface area contributed by atoms with Crippen LogP contribution in [0.1, 0.15) is 22.6 Å². The van der Waals surface area contributed by atoms with Crippen LogP contribution in [0, 0.1) is 19.7 Å². The highest BCUT2D eigenvalue weighted by Gasteiger charge is 2.20. The lowest BCUT2D eigenvalue weighted by Crippen LogP contribution is -2.32. The summed E-state index contributed by atoms with van der Waals surface area (Å²) < 4.78 is 13.0. The van der Waals surface area contributed by atoms with E-state index in [4.69, 9.17) is 0 Å². The number of carbonyl (C=O) groups is 2. The normalized spacial score (nSPS) is 11.8. The Kier molecular flexibility index (Phi) is 6.58. The van der Waals surface area contributed by atoms with Gasteiger partial charge in [0.1, 0.15) is 5.82 Å². The Morgan fingerprint density at radius 2 is 1.84 bits per heavy atom. The SMILES string of the molecule is Cc1ccc(SCC(=O)NCC(C(=O)O)c2ccc(F)cc2)c(C)c1. The maximum absolute atomic E-state index is 13.0. The average Bonchev–Trinajstić information content (AvgIpc) is 2.55. The number of hydrogen-bond donors (Lipinski definition) is 2. The van der Waals surface area contributed by atoms with Crippen LogP contribution >= 0.6 is 11.8 Å². The predicted molar refractivity (Wildman–Crippen MR) is 96.4 cm³/mol. The minimum Gasteiger partial charge on any atom is -0.481 e. The van der Waals surface area contributed by atoms with E-state index >= 15 is 0 Å². The molecule has 2 rings (SSSR count). The molecule has 0 aromatic heterocycles. The van der Waals surface area contributed by atoms with E-state index in [-0.39, 0.29) is 18.2 Å². The number of carboxylic acid groups (broad SMARTS) is 1. The van der Waals surface area contributed by atoms with E-state index in [1.807, 2.05) is 26.0 Å². The van der Waals surface area contributed by atoms with Gasteiger partial charge in [0.15, 0.2) is 0 Å². The van der Waals surface area contributed by atoms with Crippen molar-refractivity contribution in [3.63, 3.8) is 0 Å². The number of amides is 1. The Morgan fingerprint density at radius 1 is 1.16 bits per heavy atom. The molecule has 0 aliphatic carbocycles. The van der Waals surface area contributed by atoms with Crippen LogP contribution in [0.5, 0.6) is 0 Å². The van der Waals surface area contributed by atoms with Crippen molar-refractivity contribution in [2.45, 2.75) is 24.7 Å². The minimum atomic E-state index is -1.06. The summed E-state index contributed by atoms with van der Waals surface area (Å²) in [7, 11) is 0. The van der Waals surface area contributed by atoms with Crippen molar-refractivity contribution in [1.29, 1.82) is 0 Å². The maximum atomic E-state index is 13.0. The quantitative estimate of drug-likeness (QED) is 0.741. The summed E-state index contributed by atoms with van der Waals surface area (Å²) in [6.07, 6.45) is 0. The van der Waals surface area contributed by atoms with Crippen LogP contribution in [0.2, 0.25) is 0 Å². The molecule has 2 aromatic rings. The second kappa shape index (κ2) is 8.67. The van der Waals surface area contributed by atoms with Crippen LogP contribution in [0.15, 0.2) is 47.4 Å². The van der Waals surface area contributed by atoms with Gasteiger partial charge in [-0.1, -0.05) is 29.8 Å². The lowest BCUT2D eigenvalue weighted by molar-refractivity contribution is -0.138. The molecule has 2 N–H and O–H groups in total. The lowest BCUT2D eigenvalue weighted by atomic mass is 9.99. The summed E-state index contributed by atoms with van der Waals surface area (Å²) in [5.74, 6) is -2.43. The highest BCUT2D eigenvalue weighted by molar-refractivity contribution is 8.00. The number of carboxylic acids is 1. The molecule has 0 aliphatic rings. The van der Waals surface area contributed by atoms with Gasteiger partial charge in [0, 0.05) is 11.4 Å². The van der Waals surface area contributed by atoms with Gasteiger partial charge < -0.3 is 10.4 Å². The topological polar surface area (TPSA) is 66.4 Å². The molecule has 25 heavy (non-hydrogen) atoms. The Hall–Kier alpha value is -2.34. The van der Waals surface area contributed by atoms with Crippen LogP contribution in [-0.2, 0) is 9.59 Å². The molecule has 0 spiro atoms. The Balaban J connectivity index is 1.90. The number of thioether (sulfide) groups is 1. The number of halogens is 1. The van der Waals surface area contributed by atoms with Crippen molar-refractivity contribution >= 4 is 23.6 Å². The fraction of sp³-hybridized carbons (Fsp3) is 0.263. The van der Waals surface area contributed by atoms with Gasteiger partial charge in [0.25, 0.3) is 0 Å². The standard InChI is InChI=1S/C19H20FNO3S/c1-12-3-8-17(13(2)9-12)25-11-18(22)21-10-16(19(23)24)14-4-6-15(20)7-5-14/h3-9,16H,10-11H2,1-2H3,(H,21,22)(H,23,24). The van der Waals surface area contributed by atoms with Crippen LogP contribution in [-0.4, -0.2) is 29.3 Å². The van der Waals surface area contributed by atoms with E-state index in [1.165, 1.54) is 36.0 Å². The van der Waals surface area contributed by atoms with Gasteiger partial charge in [-0.25, -0.2) is 4.39 Å².